The zero-order valence-electron chi connectivity index (χ0n) is 16.8. The topological polar surface area (TPSA) is 93.1 Å². The van der Waals surface area contributed by atoms with Gasteiger partial charge in [0.15, 0.2) is 5.82 Å². The summed E-state index contributed by atoms with van der Waals surface area (Å²) in [7, 11) is 0. The van der Waals surface area contributed by atoms with Crippen LogP contribution in [0.2, 0.25) is 0 Å². The molecular weight excluding hydrogens is 446 g/mol. The molecule has 8 nitrogen and oxygen atoms in total. The van der Waals surface area contributed by atoms with E-state index in [9.17, 15) is 31.1 Å². The predicted molar refractivity (Wildman–Crippen MR) is 98.0 cm³/mol. The average Bonchev–Trinajstić information content (AvgIpc) is 2.69. The minimum absolute atomic E-state index is 0.0591. The van der Waals surface area contributed by atoms with E-state index in [2.05, 4.69) is 30.0 Å². The molecule has 2 aromatic heterocycles. The van der Waals surface area contributed by atoms with E-state index in [0.717, 1.165) is 18.7 Å². The maximum Gasteiger partial charge on any atom is 0.522 e. The van der Waals surface area contributed by atoms with Crippen LogP contribution < -0.4 is 5.32 Å². The van der Waals surface area contributed by atoms with E-state index in [0.29, 0.717) is 0 Å². The first-order valence-electron chi connectivity index (χ1n) is 9.34. The van der Waals surface area contributed by atoms with Crippen molar-refractivity contribution in [1.82, 2.24) is 24.8 Å². The molecule has 0 saturated carbocycles. The standard InChI is InChI=1S/C18H18F6N6O2/c1-9(16(31)30-7-13(10(30)2)32-18(22,23)24)29-14-3-12(27-8-28-14)15-25-5-11(6-26-15)4-17(19,20)21/h3,5-6,8-10,13H,4,7H2,1-2H3,(H,27,28,29)/t9-,10+,13+/m1/s1. The molecule has 3 atom stereocenters. The number of carbonyl (C=O) groups is 1. The van der Waals surface area contributed by atoms with Gasteiger partial charge in [-0.3, -0.25) is 9.53 Å². The average molecular weight is 464 g/mol. The van der Waals surface area contributed by atoms with Gasteiger partial charge in [-0.1, -0.05) is 0 Å². The quantitative estimate of drug-likeness (QED) is 0.657. The summed E-state index contributed by atoms with van der Waals surface area (Å²) in [6, 6.07) is -0.183. The number of rotatable bonds is 6. The molecule has 1 fully saturated rings. The van der Waals surface area contributed by atoms with E-state index in [1.807, 2.05) is 0 Å². The zero-order valence-corrected chi connectivity index (χ0v) is 16.8. The molecule has 1 aliphatic heterocycles. The van der Waals surface area contributed by atoms with Crippen molar-refractivity contribution >= 4 is 11.7 Å². The highest BCUT2D eigenvalue weighted by Crippen LogP contribution is 2.29. The molecule has 0 unspecified atom stereocenters. The molecule has 0 spiro atoms. The van der Waals surface area contributed by atoms with Crippen molar-refractivity contribution in [1.29, 1.82) is 0 Å². The van der Waals surface area contributed by atoms with Gasteiger partial charge in [0, 0.05) is 25.0 Å². The summed E-state index contributed by atoms with van der Waals surface area (Å²) in [6.45, 7) is 2.77. The van der Waals surface area contributed by atoms with E-state index >= 15 is 0 Å². The monoisotopic (exact) mass is 464 g/mol. The Balaban J connectivity index is 1.61. The number of anilines is 1. The van der Waals surface area contributed by atoms with Crippen molar-refractivity contribution in [3.8, 4) is 11.5 Å². The second-order valence-corrected chi connectivity index (χ2v) is 7.19. The lowest BCUT2D eigenvalue weighted by Gasteiger charge is -2.46. The highest BCUT2D eigenvalue weighted by Gasteiger charge is 2.46. The molecule has 1 aliphatic rings. The van der Waals surface area contributed by atoms with E-state index in [4.69, 9.17) is 0 Å². The van der Waals surface area contributed by atoms with Crippen LogP contribution in [-0.4, -0.2) is 68.0 Å². The second-order valence-electron chi connectivity index (χ2n) is 7.19. The molecule has 0 bridgehead atoms. The highest BCUT2D eigenvalue weighted by atomic mass is 19.4. The smallest absolute Gasteiger partial charge is 0.359 e. The first kappa shape index (κ1) is 23.6. The van der Waals surface area contributed by atoms with Crippen molar-refractivity contribution in [2.75, 3.05) is 11.9 Å². The third-order valence-corrected chi connectivity index (χ3v) is 4.72. The number of hydrogen-bond acceptors (Lipinski definition) is 7. The number of halogens is 6. The minimum atomic E-state index is -4.78. The van der Waals surface area contributed by atoms with E-state index in [1.54, 1.807) is 0 Å². The summed E-state index contributed by atoms with van der Waals surface area (Å²) in [4.78, 5) is 29.5. The Morgan fingerprint density at radius 2 is 1.84 bits per heavy atom. The summed E-state index contributed by atoms with van der Waals surface area (Å²) in [5.74, 6) is -0.189. The lowest BCUT2D eigenvalue weighted by molar-refractivity contribution is -0.359. The summed E-state index contributed by atoms with van der Waals surface area (Å²) < 4.78 is 78.3. The lowest BCUT2D eigenvalue weighted by Crippen LogP contribution is -2.64. The van der Waals surface area contributed by atoms with Crippen molar-refractivity contribution in [2.24, 2.45) is 0 Å². The number of hydrogen-bond donors (Lipinski definition) is 1. The predicted octanol–water partition coefficient (Wildman–Crippen LogP) is 2.97. The van der Waals surface area contributed by atoms with Gasteiger partial charge in [0.2, 0.25) is 5.91 Å². The number of amides is 1. The third kappa shape index (κ3) is 6.02. The number of carbonyl (C=O) groups excluding carboxylic acids is 1. The molecule has 3 heterocycles. The summed E-state index contributed by atoms with van der Waals surface area (Å²) in [6.07, 6.45) is -8.21. The summed E-state index contributed by atoms with van der Waals surface area (Å²) in [5.41, 5.74) is 0.0982. The molecule has 3 rings (SSSR count). The van der Waals surface area contributed by atoms with Crippen LogP contribution in [0.15, 0.2) is 24.8 Å². The van der Waals surface area contributed by atoms with Gasteiger partial charge in [0.05, 0.1) is 12.5 Å². The van der Waals surface area contributed by atoms with Crippen molar-refractivity contribution in [3.05, 3.63) is 30.4 Å². The normalized spacial score (nSPS) is 19.9. The summed E-state index contributed by atoms with van der Waals surface area (Å²) >= 11 is 0. The molecule has 0 aliphatic carbocycles. The maximum atomic E-state index is 12.5. The van der Waals surface area contributed by atoms with Gasteiger partial charge in [0.25, 0.3) is 0 Å². The van der Waals surface area contributed by atoms with E-state index in [-0.39, 0.29) is 29.4 Å². The number of aromatic nitrogens is 4. The zero-order chi connectivity index (χ0) is 23.7. The van der Waals surface area contributed by atoms with Gasteiger partial charge < -0.3 is 10.2 Å². The first-order chi connectivity index (χ1) is 14.8. The number of nitrogens with one attached hydrogen (secondary N) is 1. The van der Waals surface area contributed by atoms with Gasteiger partial charge in [-0.25, -0.2) is 19.9 Å². The molecule has 32 heavy (non-hydrogen) atoms. The summed E-state index contributed by atoms with van der Waals surface area (Å²) in [5, 5.41) is 2.82. The Morgan fingerprint density at radius 1 is 1.19 bits per heavy atom. The van der Waals surface area contributed by atoms with Crippen LogP contribution in [0.25, 0.3) is 11.5 Å². The number of alkyl halides is 6. The molecule has 1 N–H and O–H groups in total. The molecule has 14 heteroatoms. The van der Waals surface area contributed by atoms with Gasteiger partial charge >= 0.3 is 12.5 Å². The van der Waals surface area contributed by atoms with Crippen molar-refractivity contribution in [3.63, 3.8) is 0 Å². The van der Waals surface area contributed by atoms with Crippen LogP contribution >= 0.6 is 0 Å². The Labute approximate surface area is 178 Å². The molecule has 174 valence electrons. The van der Waals surface area contributed by atoms with Crippen LogP contribution in [0.4, 0.5) is 32.2 Å². The largest absolute Gasteiger partial charge is 0.522 e. The van der Waals surface area contributed by atoms with Gasteiger partial charge in [-0.2, -0.15) is 13.2 Å². The lowest BCUT2D eigenvalue weighted by atomic mass is 10.00. The Morgan fingerprint density at radius 3 is 2.41 bits per heavy atom. The Bertz CT molecular complexity index is 952. The van der Waals surface area contributed by atoms with Crippen LogP contribution in [0.1, 0.15) is 19.4 Å². The third-order valence-electron chi connectivity index (χ3n) is 4.72. The maximum absolute atomic E-state index is 12.5. The van der Waals surface area contributed by atoms with Crippen LogP contribution in [0.3, 0.4) is 0 Å². The molecule has 0 aromatic carbocycles. The SMILES string of the molecule is C[C@@H](Nc1cc(-c2ncc(CC(F)(F)F)cn2)ncn1)C(=O)N1C[C@H](OC(F)(F)F)[C@@H]1C. The molecule has 1 saturated heterocycles. The Hall–Kier alpha value is -3.03. The van der Waals surface area contributed by atoms with Crippen molar-refractivity contribution in [2.45, 2.75) is 51.0 Å². The van der Waals surface area contributed by atoms with E-state index in [1.165, 1.54) is 24.8 Å². The molecule has 2 aromatic rings. The van der Waals surface area contributed by atoms with E-state index < -0.39 is 43.1 Å². The van der Waals surface area contributed by atoms with Crippen molar-refractivity contribution < 1.29 is 35.9 Å². The number of ether oxygens (including phenoxy) is 1. The number of likely N-dealkylation sites (tertiary alicyclic amines) is 1. The van der Waals surface area contributed by atoms with Crippen LogP contribution in [0, 0.1) is 0 Å². The molecular formula is C18H18F6N6O2. The number of nitrogens with zero attached hydrogens (tertiary/aromatic N) is 5. The first-order valence-corrected chi connectivity index (χ1v) is 9.34. The second kappa shape index (κ2) is 8.84. The van der Waals surface area contributed by atoms with Gasteiger partial charge in [-0.05, 0) is 19.4 Å². The van der Waals surface area contributed by atoms with Gasteiger partial charge in [-0.15, -0.1) is 13.2 Å². The highest BCUT2D eigenvalue weighted by molar-refractivity contribution is 5.85. The fourth-order valence-electron chi connectivity index (χ4n) is 3.07. The fraction of sp³-hybridized carbons (Fsp3) is 0.500. The minimum Gasteiger partial charge on any atom is -0.359 e. The molecule has 1 amide bonds. The fourth-order valence-corrected chi connectivity index (χ4v) is 3.07. The van der Waals surface area contributed by atoms with Crippen LogP contribution in [-0.2, 0) is 16.0 Å². The van der Waals surface area contributed by atoms with Gasteiger partial charge in [0.1, 0.15) is 30.0 Å². The molecule has 0 radical (unpaired) electrons. The Kier molecular flexibility index (Phi) is 6.53. The van der Waals surface area contributed by atoms with Crippen LogP contribution in [0.5, 0.6) is 0 Å².